The number of unbranched alkanes of at least 4 members (excludes halogenated alkanes) is 1. The van der Waals surface area contributed by atoms with Crippen LogP contribution in [0, 0.1) is 6.92 Å². The predicted molar refractivity (Wildman–Crippen MR) is 121 cm³/mol. The van der Waals surface area contributed by atoms with Gasteiger partial charge in [-0.3, -0.25) is 18.6 Å². The van der Waals surface area contributed by atoms with E-state index in [1.54, 1.807) is 4.57 Å². The maximum Gasteiger partial charge on any atom is 0.272 e. The Kier molecular flexibility index (Phi) is 6.19. The number of nitrogens with one attached hydrogen (secondary N) is 1. The van der Waals surface area contributed by atoms with Gasteiger partial charge in [-0.25, -0.2) is 0 Å². The molecule has 7 nitrogen and oxygen atoms in total. The van der Waals surface area contributed by atoms with Gasteiger partial charge in [0.05, 0.1) is 11.3 Å². The first kappa shape index (κ1) is 20.6. The quantitative estimate of drug-likeness (QED) is 0.422. The van der Waals surface area contributed by atoms with Gasteiger partial charge in [0.15, 0.2) is 5.16 Å². The lowest BCUT2D eigenvalue weighted by molar-refractivity contribution is -0.118. The van der Waals surface area contributed by atoms with Gasteiger partial charge in [0.2, 0.25) is 11.7 Å². The van der Waals surface area contributed by atoms with Gasteiger partial charge in [-0.05, 0) is 30.4 Å². The minimum Gasteiger partial charge on any atom is -0.351 e. The Balaban J connectivity index is 1.53. The third-order valence-corrected chi connectivity index (χ3v) is 6.68. The van der Waals surface area contributed by atoms with Crippen molar-refractivity contribution in [3.8, 4) is 0 Å². The van der Waals surface area contributed by atoms with E-state index >= 15 is 0 Å². The number of rotatable bonds is 8. The zero-order valence-corrected chi connectivity index (χ0v) is 18.6. The maximum atomic E-state index is 12.8. The van der Waals surface area contributed by atoms with E-state index in [1.165, 1.54) is 28.7 Å². The molecule has 3 heterocycles. The van der Waals surface area contributed by atoms with Crippen LogP contribution in [0.4, 0.5) is 0 Å². The van der Waals surface area contributed by atoms with Crippen molar-refractivity contribution in [2.75, 3.05) is 5.75 Å². The molecule has 0 fully saturated rings. The number of nitrogens with zero attached hydrogens (tertiary/aromatic N) is 4. The van der Waals surface area contributed by atoms with Gasteiger partial charge in [0.1, 0.15) is 4.70 Å². The molecule has 0 unspecified atom stereocenters. The van der Waals surface area contributed by atoms with Crippen LogP contribution < -0.4 is 10.9 Å². The van der Waals surface area contributed by atoms with Crippen LogP contribution in [-0.2, 0) is 17.9 Å². The highest BCUT2D eigenvalue weighted by atomic mass is 32.2. The molecule has 3 aromatic heterocycles. The van der Waals surface area contributed by atoms with Crippen molar-refractivity contribution in [2.45, 2.75) is 44.9 Å². The molecule has 0 atom stereocenters. The first-order valence-corrected chi connectivity index (χ1v) is 11.7. The molecule has 1 aromatic carbocycles. The normalized spacial score (nSPS) is 11.4. The van der Waals surface area contributed by atoms with E-state index in [-0.39, 0.29) is 17.2 Å². The number of benzene rings is 1. The number of thioether (sulfide) groups is 1. The summed E-state index contributed by atoms with van der Waals surface area (Å²) in [6.45, 7) is 5.22. The van der Waals surface area contributed by atoms with Gasteiger partial charge in [-0.2, -0.15) is 0 Å². The number of amides is 1. The van der Waals surface area contributed by atoms with E-state index in [1.807, 2.05) is 47.0 Å². The third kappa shape index (κ3) is 4.13. The molecule has 4 aromatic rings. The number of fused-ring (bicyclic) bond motifs is 3. The van der Waals surface area contributed by atoms with Gasteiger partial charge in [-0.15, -0.1) is 21.5 Å². The van der Waals surface area contributed by atoms with Gasteiger partial charge >= 0.3 is 0 Å². The fourth-order valence-corrected chi connectivity index (χ4v) is 4.79. The summed E-state index contributed by atoms with van der Waals surface area (Å²) in [4.78, 5) is 25.2. The highest BCUT2D eigenvalue weighted by Crippen LogP contribution is 2.24. The van der Waals surface area contributed by atoms with Crippen molar-refractivity contribution in [1.29, 1.82) is 0 Å². The number of aromatic nitrogens is 4. The molecule has 0 aliphatic rings. The lowest BCUT2D eigenvalue weighted by Crippen LogP contribution is -2.25. The summed E-state index contributed by atoms with van der Waals surface area (Å²) in [6.07, 6.45) is 1.88. The second kappa shape index (κ2) is 9.01. The van der Waals surface area contributed by atoms with E-state index in [2.05, 4.69) is 22.4 Å². The highest BCUT2D eigenvalue weighted by Gasteiger charge is 2.18. The summed E-state index contributed by atoms with van der Waals surface area (Å²) in [5.41, 5.74) is 3.02. The van der Waals surface area contributed by atoms with Crippen molar-refractivity contribution in [2.24, 2.45) is 0 Å². The molecule has 0 saturated heterocycles. The van der Waals surface area contributed by atoms with Gasteiger partial charge in [0, 0.05) is 13.1 Å². The Hall–Kier alpha value is -2.65. The fourth-order valence-electron chi connectivity index (χ4n) is 3.20. The SMILES string of the molecule is CCCCn1c(=O)c2sccc2n2c(SCC(=O)NCc3ccc(C)cc3)nnc12. The second-order valence-electron chi connectivity index (χ2n) is 7.11. The Morgan fingerprint density at radius 3 is 2.77 bits per heavy atom. The summed E-state index contributed by atoms with van der Waals surface area (Å²) in [5.74, 6) is 0.687. The zero-order chi connectivity index (χ0) is 21.1. The molecule has 0 bridgehead atoms. The standard InChI is InChI=1S/C21H23N5O2S2/c1-3-4-10-25-19(28)18-16(9-11-29-18)26-20(25)23-24-21(26)30-13-17(27)22-12-15-7-5-14(2)6-8-15/h5-9,11H,3-4,10,12-13H2,1-2H3,(H,22,27). The van der Waals surface area contributed by atoms with Crippen LogP contribution in [0.25, 0.3) is 16.0 Å². The smallest absolute Gasteiger partial charge is 0.272 e. The van der Waals surface area contributed by atoms with Crippen LogP contribution in [0.1, 0.15) is 30.9 Å². The van der Waals surface area contributed by atoms with Crippen molar-refractivity contribution in [1.82, 2.24) is 24.5 Å². The molecule has 0 saturated carbocycles. The minimum atomic E-state index is -0.0711. The highest BCUT2D eigenvalue weighted by molar-refractivity contribution is 7.99. The van der Waals surface area contributed by atoms with Crippen LogP contribution in [0.5, 0.6) is 0 Å². The Labute approximate surface area is 182 Å². The van der Waals surface area contributed by atoms with E-state index in [0.717, 1.165) is 23.9 Å². The number of carbonyl (C=O) groups excluding carboxylic acids is 1. The number of carbonyl (C=O) groups is 1. The second-order valence-corrected chi connectivity index (χ2v) is 8.97. The lowest BCUT2D eigenvalue weighted by Gasteiger charge is -2.09. The van der Waals surface area contributed by atoms with E-state index in [9.17, 15) is 9.59 Å². The number of aryl methyl sites for hydroxylation is 2. The molecule has 0 aliphatic heterocycles. The van der Waals surface area contributed by atoms with Crippen molar-refractivity contribution < 1.29 is 4.79 Å². The van der Waals surface area contributed by atoms with Crippen molar-refractivity contribution in [3.63, 3.8) is 0 Å². The average molecular weight is 442 g/mol. The van der Waals surface area contributed by atoms with Crippen LogP contribution in [0.15, 0.2) is 45.7 Å². The average Bonchev–Trinajstić information content (AvgIpc) is 3.39. The van der Waals surface area contributed by atoms with Crippen LogP contribution in [-0.4, -0.2) is 30.8 Å². The predicted octanol–water partition coefficient (Wildman–Crippen LogP) is 3.62. The van der Waals surface area contributed by atoms with Crippen molar-refractivity contribution in [3.05, 3.63) is 57.2 Å². The Morgan fingerprint density at radius 2 is 2.00 bits per heavy atom. The number of hydrogen-bond donors (Lipinski definition) is 1. The molecule has 0 radical (unpaired) electrons. The van der Waals surface area contributed by atoms with Crippen LogP contribution in [0.2, 0.25) is 0 Å². The monoisotopic (exact) mass is 441 g/mol. The number of thiophene rings is 1. The van der Waals surface area contributed by atoms with Crippen molar-refractivity contribution >= 4 is 45.0 Å². The summed E-state index contributed by atoms with van der Waals surface area (Å²) < 4.78 is 4.27. The largest absolute Gasteiger partial charge is 0.351 e. The summed E-state index contributed by atoms with van der Waals surface area (Å²) in [5, 5.41) is 14.0. The first-order chi connectivity index (χ1) is 14.6. The van der Waals surface area contributed by atoms with Gasteiger partial charge in [-0.1, -0.05) is 54.9 Å². The van der Waals surface area contributed by atoms with Crippen LogP contribution in [0.3, 0.4) is 0 Å². The Morgan fingerprint density at radius 1 is 1.20 bits per heavy atom. The summed E-state index contributed by atoms with van der Waals surface area (Å²) >= 11 is 2.75. The third-order valence-electron chi connectivity index (χ3n) is 4.86. The minimum absolute atomic E-state index is 0.0271. The zero-order valence-electron chi connectivity index (χ0n) is 16.9. The molecular weight excluding hydrogens is 418 g/mol. The molecule has 1 amide bonds. The van der Waals surface area contributed by atoms with E-state index < -0.39 is 0 Å². The molecule has 9 heteroatoms. The summed E-state index contributed by atoms with van der Waals surface area (Å²) in [6, 6.07) is 9.99. The van der Waals surface area contributed by atoms with E-state index in [0.29, 0.717) is 28.7 Å². The molecule has 1 N–H and O–H groups in total. The molecule has 156 valence electrons. The molecule has 4 rings (SSSR count). The Bertz CT molecular complexity index is 1240. The molecule has 30 heavy (non-hydrogen) atoms. The van der Waals surface area contributed by atoms with E-state index in [4.69, 9.17) is 0 Å². The maximum absolute atomic E-state index is 12.8. The lowest BCUT2D eigenvalue weighted by atomic mass is 10.1. The van der Waals surface area contributed by atoms with Gasteiger partial charge < -0.3 is 5.32 Å². The topological polar surface area (TPSA) is 81.3 Å². The van der Waals surface area contributed by atoms with Crippen LogP contribution >= 0.6 is 23.1 Å². The summed E-state index contributed by atoms with van der Waals surface area (Å²) in [7, 11) is 0. The molecule has 0 aliphatic carbocycles. The number of hydrogen-bond acceptors (Lipinski definition) is 6. The molecular formula is C21H23N5O2S2. The van der Waals surface area contributed by atoms with Gasteiger partial charge in [0.25, 0.3) is 5.56 Å². The first-order valence-electron chi connectivity index (χ1n) is 9.88. The fraction of sp³-hybridized carbons (Fsp3) is 0.333. The molecule has 0 spiro atoms.